The van der Waals surface area contributed by atoms with E-state index in [-0.39, 0.29) is 27.7 Å². The third kappa shape index (κ3) is 3.53. The number of pyridine rings is 1. The first kappa shape index (κ1) is 20.3. The van der Waals surface area contributed by atoms with Crippen LogP contribution in [-0.4, -0.2) is 45.2 Å². The minimum atomic E-state index is -4.32. The van der Waals surface area contributed by atoms with Crippen molar-refractivity contribution < 1.29 is 13.2 Å². The quantitative estimate of drug-likeness (QED) is 0.704. The molecule has 0 aromatic carbocycles. The van der Waals surface area contributed by atoms with Crippen LogP contribution in [0.2, 0.25) is 0 Å². The highest BCUT2D eigenvalue weighted by molar-refractivity contribution is 8.00. The SMILES string of the molecule is CC.Cc1nn2c(NC34CCC(N(C)C)(C3)C4)cccc2c1SC(F)(F)F. The van der Waals surface area contributed by atoms with Crippen molar-refractivity contribution >= 4 is 23.1 Å². The van der Waals surface area contributed by atoms with Gasteiger partial charge < -0.3 is 10.2 Å². The summed E-state index contributed by atoms with van der Waals surface area (Å²) in [5.74, 6) is 0.767. The molecule has 1 N–H and O–H groups in total. The van der Waals surface area contributed by atoms with Gasteiger partial charge in [0, 0.05) is 11.1 Å². The molecule has 27 heavy (non-hydrogen) atoms. The number of nitrogens with zero attached hydrogens (tertiary/aromatic N) is 3. The molecule has 3 aliphatic rings. The van der Waals surface area contributed by atoms with Crippen LogP contribution in [-0.2, 0) is 0 Å². The molecule has 5 rings (SSSR count). The fourth-order valence-corrected chi connectivity index (χ4v) is 5.17. The summed E-state index contributed by atoms with van der Waals surface area (Å²) in [5, 5.41) is 7.96. The molecule has 0 spiro atoms. The molecule has 0 radical (unpaired) electrons. The molecule has 4 nitrogen and oxygen atoms in total. The summed E-state index contributed by atoms with van der Waals surface area (Å²) in [6, 6.07) is 5.38. The molecule has 3 fully saturated rings. The Kier molecular flexibility index (Phi) is 5.18. The van der Waals surface area contributed by atoms with Gasteiger partial charge in [0.25, 0.3) is 0 Å². The van der Waals surface area contributed by atoms with Crippen LogP contribution < -0.4 is 5.32 Å². The van der Waals surface area contributed by atoms with Crippen LogP contribution in [0.4, 0.5) is 19.0 Å². The molecular formula is C19H27F3N4S. The predicted octanol–water partition coefficient (Wildman–Crippen LogP) is 5.32. The summed E-state index contributed by atoms with van der Waals surface area (Å²) in [6.45, 7) is 5.62. The monoisotopic (exact) mass is 400 g/mol. The Labute approximate surface area is 162 Å². The van der Waals surface area contributed by atoms with Gasteiger partial charge in [-0.1, -0.05) is 19.9 Å². The van der Waals surface area contributed by atoms with Crippen molar-refractivity contribution in [2.75, 3.05) is 19.4 Å². The third-order valence-electron chi connectivity index (χ3n) is 5.74. The molecule has 3 saturated carbocycles. The van der Waals surface area contributed by atoms with Gasteiger partial charge in [-0.25, -0.2) is 4.52 Å². The Morgan fingerprint density at radius 3 is 2.41 bits per heavy atom. The number of anilines is 1. The Hall–Kier alpha value is -1.41. The summed E-state index contributed by atoms with van der Waals surface area (Å²) in [7, 11) is 4.24. The van der Waals surface area contributed by atoms with E-state index < -0.39 is 5.51 Å². The van der Waals surface area contributed by atoms with Gasteiger partial charge in [0.2, 0.25) is 0 Å². The maximum atomic E-state index is 12.8. The summed E-state index contributed by atoms with van der Waals surface area (Å²) in [5.41, 5.74) is -3.11. The maximum absolute atomic E-state index is 12.8. The lowest BCUT2D eigenvalue weighted by Gasteiger charge is -2.51. The van der Waals surface area contributed by atoms with E-state index in [0.29, 0.717) is 11.2 Å². The minimum absolute atomic E-state index is 0.0374. The predicted molar refractivity (Wildman–Crippen MR) is 104 cm³/mol. The highest BCUT2D eigenvalue weighted by Crippen LogP contribution is 2.58. The molecule has 0 amide bonds. The van der Waals surface area contributed by atoms with Gasteiger partial charge in [0.15, 0.2) is 0 Å². The van der Waals surface area contributed by atoms with E-state index in [2.05, 4.69) is 29.4 Å². The number of alkyl halides is 3. The Balaban J connectivity index is 0.00000102. The molecular weight excluding hydrogens is 373 g/mol. The van der Waals surface area contributed by atoms with Crippen molar-refractivity contribution in [3.05, 3.63) is 23.9 Å². The van der Waals surface area contributed by atoms with E-state index in [9.17, 15) is 13.2 Å². The van der Waals surface area contributed by atoms with Crippen LogP contribution in [0.1, 0.15) is 45.2 Å². The highest BCUT2D eigenvalue weighted by atomic mass is 32.2. The van der Waals surface area contributed by atoms with E-state index in [1.807, 2.05) is 19.9 Å². The van der Waals surface area contributed by atoms with Crippen molar-refractivity contribution in [3.63, 3.8) is 0 Å². The first-order valence-corrected chi connectivity index (χ1v) is 10.1. The second-order valence-corrected chi connectivity index (χ2v) is 8.62. The summed E-state index contributed by atoms with van der Waals surface area (Å²) in [4.78, 5) is 2.48. The summed E-state index contributed by atoms with van der Waals surface area (Å²) < 4.78 is 40.2. The van der Waals surface area contributed by atoms with E-state index >= 15 is 0 Å². The smallest absolute Gasteiger partial charge is 0.364 e. The second-order valence-electron chi connectivity index (χ2n) is 7.55. The van der Waals surface area contributed by atoms with E-state index in [1.165, 1.54) is 0 Å². The summed E-state index contributed by atoms with van der Waals surface area (Å²) in [6.07, 6.45) is 4.35. The van der Waals surface area contributed by atoms with Gasteiger partial charge in [-0.3, -0.25) is 0 Å². The average Bonchev–Trinajstić information content (AvgIpc) is 3.20. The molecule has 0 aliphatic heterocycles. The van der Waals surface area contributed by atoms with E-state index in [0.717, 1.165) is 31.5 Å². The van der Waals surface area contributed by atoms with Gasteiger partial charge in [0.1, 0.15) is 5.82 Å². The van der Waals surface area contributed by atoms with Gasteiger partial charge in [-0.2, -0.15) is 18.3 Å². The minimum Gasteiger partial charge on any atom is -0.364 e. The first-order chi connectivity index (χ1) is 12.6. The van der Waals surface area contributed by atoms with Gasteiger partial charge in [-0.15, -0.1) is 0 Å². The summed E-state index contributed by atoms with van der Waals surface area (Å²) >= 11 is -0.0906. The standard InChI is InChI=1S/C17H21F3N4S.C2H6/c1-11-14(25-17(18,19)20)12-5-4-6-13(24(12)22-11)21-15-7-8-16(9-15,10-15)23(2)3;1-2/h4-6,21H,7-10H2,1-3H3;1-2H3. The molecule has 2 aromatic rings. The van der Waals surface area contributed by atoms with Crippen LogP contribution in [0.15, 0.2) is 23.1 Å². The van der Waals surface area contributed by atoms with Crippen LogP contribution in [0.5, 0.6) is 0 Å². The number of hydrogen-bond donors (Lipinski definition) is 1. The molecule has 2 bridgehead atoms. The zero-order chi connectivity index (χ0) is 20.0. The lowest BCUT2D eigenvalue weighted by molar-refractivity contribution is -0.0328. The Bertz CT molecular complexity index is 822. The number of thioether (sulfide) groups is 1. The number of rotatable bonds is 4. The van der Waals surface area contributed by atoms with Crippen LogP contribution in [0, 0.1) is 6.92 Å². The molecule has 8 heteroatoms. The highest BCUT2D eigenvalue weighted by Gasteiger charge is 2.62. The van der Waals surface area contributed by atoms with Crippen molar-refractivity contribution in [2.45, 2.75) is 67.9 Å². The van der Waals surface area contributed by atoms with Crippen molar-refractivity contribution in [1.29, 1.82) is 0 Å². The van der Waals surface area contributed by atoms with Crippen LogP contribution in [0.25, 0.3) is 5.52 Å². The molecule has 150 valence electrons. The number of hydrogen-bond acceptors (Lipinski definition) is 4. The Morgan fingerprint density at radius 2 is 1.85 bits per heavy atom. The molecule has 2 heterocycles. The fourth-order valence-electron chi connectivity index (χ4n) is 4.49. The maximum Gasteiger partial charge on any atom is 0.446 e. The third-order valence-corrected chi connectivity index (χ3v) is 6.68. The average molecular weight is 401 g/mol. The van der Waals surface area contributed by atoms with Gasteiger partial charge in [-0.05, 0) is 70.6 Å². The first-order valence-electron chi connectivity index (χ1n) is 9.33. The van der Waals surface area contributed by atoms with Crippen molar-refractivity contribution in [2.24, 2.45) is 0 Å². The molecule has 0 atom stereocenters. The number of aromatic nitrogens is 2. The molecule has 0 saturated heterocycles. The largest absolute Gasteiger partial charge is 0.446 e. The molecule has 3 aliphatic carbocycles. The Morgan fingerprint density at radius 1 is 1.19 bits per heavy atom. The topological polar surface area (TPSA) is 32.6 Å². The van der Waals surface area contributed by atoms with Crippen LogP contribution >= 0.6 is 11.8 Å². The normalized spacial score (nSPS) is 26.7. The number of nitrogens with one attached hydrogen (secondary N) is 1. The van der Waals surface area contributed by atoms with Crippen LogP contribution in [0.3, 0.4) is 0 Å². The van der Waals surface area contributed by atoms with Gasteiger partial charge in [0.05, 0.1) is 16.1 Å². The zero-order valence-electron chi connectivity index (χ0n) is 16.4. The number of aryl methyl sites for hydroxylation is 1. The lowest BCUT2D eigenvalue weighted by Crippen LogP contribution is -2.59. The zero-order valence-corrected chi connectivity index (χ0v) is 17.3. The molecule has 2 aromatic heterocycles. The second kappa shape index (κ2) is 6.88. The van der Waals surface area contributed by atoms with E-state index in [4.69, 9.17) is 0 Å². The van der Waals surface area contributed by atoms with Crippen molar-refractivity contribution in [3.8, 4) is 0 Å². The fraction of sp³-hybridized carbons (Fsp3) is 0.632. The number of fused-ring (bicyclic) bond motifs is 2. The number of halogens is 3. The lowest BCUT2D eigenvalue weighted by atomic mass is 9.70. The van der Waals surface area contributed by atoms with E-state index in [1.54, 1.807) is 23.6 Å². The van der Waals surface area contributed by atoms with Gasteiger partial charge >= 0.3 is 5.51 Å². The molecule has 0 unspecified atom stereocenters. The van der Waals surface area contributed by atoms with Crippen molar-refractivity contribution in [1.82, 2.24) is 14.5 Å².